The van der Waals surface area contributed by atoms with Gasteiger partial charge in [0.05, 0.1) is 10.6 Å². The summed E-state index contributed by atoms with van der Waals surface area (Å²) in [5.74, 6) is -1.21. The minimum absolute atomic E-state index is 0.164. The van der Waals surface area contributed by atoms with Crippen molar-refractivity contribution in [2.45, 2.75) is 24.5 Å². The number of thiophene rings is 1. The van der Waals surface area contributed by atoms with Crippen LogP contribution in [-0.4, -0.2) is 19.5 Å². The molecule has 0 bridgehead atoms. The van der Waals surface area contributed by atoms with Gasteiger partial charge in [-0.15, -0.1) is 11.3 Å². The molecular formula is C14H14O4S2. The van der Waals surface area contributed by atoms with Gasteiger partial charge in [-0.05, 0) is 37.6 Å². The minimum atomic E-state index is -3.45. The first-order valence-corrected chi connectivity index (χ1v) is 8.38. The Bertz CT molecular complexity index is 740. The van der Waals surface area contributed by atoms with Crippen LogP contribution in [0.15, 0.2) is 35.2 Å². The third-order valence-corrected chi connectivity index (χ3v) is 5.72. The maximum Gasteiger partial charge on any atom is 0.345 e. The summed E-state index contributed by atoms with van der Waals surface area (Å²) in [7, 11) is -3.45. The van der Waals surface area contributed by atoms with Crippen molar-refractivity contribution in [1.82, 2.24) is 0 Å². The van der Waals surface area contributed by atoms with E-state index in [2.05, 4.69) is 0 Å². The van der Waals surface area contributed by atoms with Gasteiger partial charge in [-0.2, -0.15) is 0 Å². The van der Waals surface area contributed by atoms with Gasteiger partial charge in [0.1, 0.15) is 4.88 Å². The molecule has 0 aliphatic carbocycles. The van der Waals surface area contributed by atoms with E-state index in [0.717, 1.165) is 21.8 Å². The van der Waals surface area contributed by atoms with Gasteiger partial charge >= 0.3 is 5.97 Å². The highest BCUT2D eigenvalue weighted by Crippen LogP contribution is 2.26. The van der Waals surface area contributed by atoms with Gasteiger partial charge in [0.15, 0.2) is 9.84 Å². The molecular weight excluding hydrogens is 296 g/mol. The van der Waals surface area contributed by atoms with E-state index in [1.165, 1.54) is 6.07 Å². The normalized spacial score (nSPS) is 11.5. The number of hydrogen-bond acceptors (Lipinski definition) is 4. The summed E-state index contributed by atoms with van der Waals surface area (Å²) in [5.41, 5.74) is 1.54. The number of carbonyl (C=O) groups is 1. The van der Waals surface area contributed by atoms with Gasteiger partial charge in [0.2, 0.25) is 0 Å². The Kier molecular flexibility index (Phi) is 3.96. The van der Waals surface area contributed by atoms with Crippen LogP contribution in [0.5, 0.6) is 0 Å². The van der Waals surface area contributed by atoms with Crippen molar-refractivity contribution < 1.29 is 18.3 Å². The van der Waals surface area contributed by atoms with Crippen LogP contribution in [0.3, 0.4) is 0 Å². The summed E-state index contributed by atoms with van der Waals surface area (Å²) in [4.78, 5) is 12.0. The van der Waals surface area contributed by atoms with Crippen LogP contribution < -0.4 is 0 Å². The molecule has 0 fully saturated rings. The fourth-order valence-corrected chi connectivity index (χ4v) is 4.20. The second kappa shape index (κ2) is 5.38. The monoisotopic (exact) mass is 310 g/mol. The zero-order chi connectivity index (χ0) is 14.9. The highest BCUT2D eigenvalue weighted by atomic mass is 32.2. The van der Waals surface area contributed by atoms with Gasteiger partial charge in [0, 0.05) is 4.88 Å². The molecule has 106 valence electrons. The molecule has 0 aliphatic rings. The molecule has 0 radical (unpaired) electrons. The molecule has 1 aromatic heterocycles. The fraction of sp³-hybridized carbons (Fsp3) is 0.214. The molecule has 2 aromatic rings. The average molecular weight is 310 g/mol. The third kappa shape index (κ3) is 3.08. The highest BCUT2D eigenvalue weighted by Gasteiger charge is 2.19. The quantitative estimate of drug-likeness (QED) is 0.942. The zero-order valence-corrected chi connectivity index (χ0v) is 12.7. The Morgan fingerprint density at radius 2 is 1.80 bits per heavy atom. The van der Waals surface area contributed by atoms with E-state index in [1.54, 1.807) is 31.2 Å². The summed E-state index contributed by atoms with van der Waals surface area (Å²) in [6.45, 7) is 3.62. The van der Waals surface area contributed by atoms with E-state index in [0.29, 0.717) is 5.56 Å². The van der Waals surface area contributed by atoms with Crippen molar-refractivity contribution in [1.29, 1.82) is 0 Å². The minimum Gasteiger partial charge on any atom is -0.477 e. The van der Waals surface area contributed by atoms with Crippen LogP contribution >= 0.6 is 11.3 Å². The van der Waals surface area contributed by atoms with Crippen molar-refractivity contribution in [3.8, 4) is 0 Å². The standard InChI is InChI=1S/C14H14O4S2/c1-9-3-5-12(6-4-9)20(17,18)8-11-7-13(14(15)16)19-10(11)2/h3-7H,8H2,1-2H3,(H,15,16). The Labute approximate surface area is 121 Å². The predicted molar refractivity (Wildman–Crippen MR) is 78.1 cm³/mol. The summed E-state index contributed by atoms with van der Waals surface area (Å²) >= 11 is 1.10. The zero-order valence-electron chi connectivity index (χ0n) is 11.1. The molecule has 6 heteroatoms. The van der Waals surface area contributed by atoms with Gasteiger partial charge < -0.3 is 5.11 Å². The van der Waals surface area contributed by atoms with E-state index in [9.17, 15) is 13.2 Å². The molecule has 1 heterocycles. The van der Waals surface area contributed by atoms with Gasteiger partial charge in [-0.25, -0.2) is 13.2 Å². The first-order chi connectivity index (χ1) is 9.29. The number of aromatic carboxylic acids is 1. The smallest absolute Gasteiger partial charge is 0.345 e. The first kappa shape index (κ1) is 14.7. The Hall–Kier alpha value is -1.66. The van der Waals surface area contributed by atoms with Crippen LogP contribution in [0.2, 0.25) is 0 Å². The molecule has 1 N–H and O–H groups in total. The van der Waals surface area contributed by atoms with E-state index in [4.69, 9.17) is 5.11 Å². The number of hydrogen-bond donors (Lipinski definition) is 1. The van der Waals surface area contributed by atoms with E-state index < -0.39 is 15.8 Å². The van der Waals surface area contributed by atoms with Crippen molar-refractivity contribution in [2.24, 2.45) is 0 Å². The number of sulfone groups is 1. The van der Waals surface area contributed by atoms with Gasteiger partial charge in [-0.3, -0.25) is 0 Å². The van der Waals surface area contributed by atoms with E-state index in [-0.39, 0.29) is 15.5 Å². The summed E-state index contributed by atoms with van der Waals surface area (Å²) in [6, 6.07) is 8.08. The van der Waals surface area contributed by atoms with Gasteiger partial charge in [0.25, 0.3) is 0 Å². The lowest BCUT2D eigenvalue weighted by atomic mass is 10.2. The number of aryl methyl sites for hydroxylation is 2. The maximum absolute atomic E-state index is 12.3. The largest absolute Gasteiger partial charge is 0.477 e. The van der Waals surface area contributed by atoms with Crippen LogP contribution in [0.1, 0.15) is 25.7 Å². The van der Waals surface area contributed by atoms with E-state index >= 15 is 0 Å². The lowest BCUT2D eigenvalue weighted by Gasteiger charge is -2.04. The van der Waals surface area contributed by atoms with Crippen LogP contribution in [-0.2, 0) is 15.6 Å². The van der Waals surface area contributed by atoms with Crippen molar-refractivity contribution >= 4 is 27.1 Å². The van der Waals surface area contributed by atoms with E-state index in [1.807, 2.05) is 6.92 Å². The topological polar surface area (TPSA) is 71.4 Å². The lowest BCUT2D eigenvalue weighted by molar-refractivity contribution is 0.0702. The molecule has 0 saturated carbocycles. The molecule has 20 heavy (non-hydrogen) atoms. The second-order valence-corrected chi connectivity index (χ2v) is 7.82. The third-order valence-electron chi connectivity index (χ3n) is 2.96. The molecule has 0 aliphatic heterocycles. The number of carboxylic acids is 1. The summed E-state index contributed by atoms with van der Waals surface area (Å²) < 4.78 is 24.6. The van der Waals surface area contributed by atoms with Crippen molar-refractivity contribution in [3.05, 3.63) is 51.2 Å². The fourth-order valence-electron chi connectivity index (χ4n) is 1.80. The van der Waals surface area contributed by atoms with Crippen molar-refractivity contribution in [3.63, 3.8) is 0 Å². The molecule has 1 aromatic carbocycles. The van der Waals surface area contributed by atoms with Crippen LogP contribution in [0.25, 0.3) is 0 Å². The SMILES string of the molecule is Cc1ccc(S(=O)(=O)Cc2cc(C(=O)O)sc2C)cc1. The average Bonchev–Trinajstić information content (AvgIpc) is 2.71. The maximum atomic E-state index is 12.3. The molecule has 0 atom stereocenters. The predicted octanol–water partition coefficient (Wildman–Crippen LogP) is 3.04. The Morgan fingerprint density at radius 1 is 1.20 bits per heavy atom. The Morgan fingerprint density at radius 3 is 2.30 bits per heavy atom. The summed E-state index contributed by atoms with van der Waals surface area (Å²) in [5, 5.41) is 8.93. The molecule has 2 rings (SSSR count). The number of carboxylic acid groups (broad SMARTS) is 1. The van der Waals surface area contributed by atoms with Gasteiger partial charge in [-0.1, -0.05) is 17.7 Å². The Balaban J connectivity index is 2.33. The molecule has 4 nitrogen and oxygen atoms in total. The van der Waals surface area contributed by atoms with Crippen molar-refractivity contribution in [2.75, 3.05) is 0 Å². The highest BCUT2D eigenvalue weighted by molar-refractivity contribution is 7.90. The molecule has 0 unspecified atom stereocenters. The van der Waals surface area contributed by atoms with Crippen LogP contribution in [0.4, 0.5) is 0 Å². The number of benzene rings is 1. The lowest BCUT2D eigenvalue weighted by Crippen LogP contribution is -2.05. The van der Waals surface area contributed by atoms with Crippen LogP contribution in [0, 0.1) is 13.8 Å². The molecule has 0 saturated heterocycles. The first-order valence-electron chi connectivity index (χ1n) is 5.91. The summed E-state index contributed by atoms with van der Waals surface area (Å²) in [6.07, 6.45) is 0. The molecule has 0 spiro atoms. The second-order valence-electron chi connectivity index (χ2n) is 4.57. The number of rotatable bonds is 4. The molecule has 0 amide bonds.